The topological polar surface area (TPSA) is 70.2 Å². The Morgan fingerprint density at radius 2 is 1.73 bits per heavy atom. The Balaban J connectivity index is 2.02. The molecule has 8 heteroatoms. The van der Waals surface area contributed by atoms with Gasteiger partial charge in [-0.15, -0.1) is 0 Å². The number of hydrogen-bond donors (Lipinski definition) is 3. The molecule has 5 nitrogen and oxygen atoms in total. The van der Waals surface area contributed by atoms with Crippen LogP contribution in [0.2, 0.25) is 5.02 Å². The fourth-order valence-corrected chi connectivity index (χ4v) is 2.87. The summed E-state index contributed by atoms with van der Waals surface area (Å²) in [6.45, 7) is 3.63. The molecule has 0 aliphatic heterocycles. The molecule has 0 saturated heterocycles. The number of rotatable bonds is 4. The molecule has 0 radical (unpaired) electrons. The quantitative estimate of drug-likeness (QED) is 0.421. The zero-order chi connectivity index (χ0) is 19.3. The standard InChI is InChI=1S/C18H17ClIN3O2S/c1-10(2)16(24)21-12-4-3-5-13(9-12)22-18(26)23-17(25)14-8-11(20)6-7-15(14)19/h3-10H,1-2H3,(H,21,24)(H2,22,23,25,26). The van der Waals surface area contributed by atoms with E-state index in [0.29, 0.717) is 22.0 Å². The number of nitrogens with one attached hydrogen (secondary N) is 3. The average Bonchev–Trinajstić information content (AvgIpc) is 2.57. The predicted molar refractivity (Wildman–Crippen MR) is 118 cm³/mol. The van der Waals surface area contributed by atoms with Gasteiger partial charge >= 0.3 is 0 Å². The van der Waals surface area contributed by atoms with Crippen molar-refractivity contribution in [3.63, 3.8) is 0 Å². The summed E-state index contributed by atoms with van der Waals surface area (Å²) in [4.78, 5) is 24.1. The molecular formula is C18H17ClIN3O2S. The van der Waals surface area contributed by atoms with Crippen LogP contribution in [0.15, 0.2) is 42.5 Å². The first kappa shape index (κ1) is 20.6. The number of halogens is 2. The minimum Gasteiger partial charge on any atom is -0.332 e. The van der Waals surface area contributed by atoms with Crippen molar-refractivity contribution in [3.05, 3.63) is 56.6 Å². The highest BCUT2D eigenvalue weighted by atomic mass is 127. The van der Waals surface area contributed by atoms with E-state index in [4.69, 9.17) is 23.8 Å². The van der Waals surface area contributed by atoms with Crippen molar-refractivity contribution in [1.29, 1.82) is 0 Å². The number of hydrogen-bond acceptors (Lipinski definition) is 3. The summed E-state index contributed by atoms with van der Waals surface area (Å²) in [6.07, 6.45) is 0. The largest absolute Gasteiger partial charge is 0.332 e. The lowest BCUT2D eigenvalue weighted by atomic mass is 10.2. The molecular weight excluding hydrogens is 485 g/mol. The normalized spacial score (nSPS) is 10.3. The third-order valence-electron chi connectivity index (χ3n) is 3.31. The SMILES string of the molecule is CC(C)C(=O)Nc1cccc(NC(=S)NC(=O)c2cc(I)ccc2Cl)c1. The number of thiocarbonyl (C=S) groups is 1. The fraction of sp³-hybridized carbons (Fsp3) is 0.167. The van der Waals surface area contributed by atoms with E-state index in [-0.39, 0.29) is 16.9 Å². The van der Waals surface area contributed by atoms with Gasteiger partial charge in [0.25, 0.3) is 5.91 Å². The van der Waals surface area contributed by atoms with Gasteiger partial charge in [-0.2, -0.15) is 0 Å². The molecule has 0 aromatic heterocycles. The molecule has 0 heterocycles. The van der Waals surface area contributed by atoms with Gasteiger partial charge in [0, 0.05) is 20.9 Å². The molecule has 0 atom stereocenters. The molecule has 2 rings (SSSR count). The zero-order valence-electron chi connectivity index (χ0n) is 14.1. The molecule has 0 saturated carbocycles. The fourth-order valence-electron chi connectivity index (χ4n) is 1.97. The summed E-state index contributed by atoms with van der Waals surface area (Å²) in [5.41, 5.74) is 1.63. The molecule has 0 spiro atoms. The van der Waals surface area contributed by atoms with Crippen molar-refractivity contribution < 1.29 is 9.59 Å². The molecule has 2 aromatic rings. The van der Waals surface area contributed by atoms with Crippen LogP contribution in [0.1, 0.15) is 24.2 Å². The Hall–Kier alpha value is -1.71. The van der Waals surface area contributed by atoms with Crippen LogP contribution in [0.4, 0.5) is 11.4 Å². The first-order valence-electron chi connectivity index (χ1n) is 7.74. The molecule has 0 unspecified atom stereocenters. The predicted octanol–water partition coefficient (Wildman–Crippen LogP) is 4.67. The van der Waals surface area contributed by atoms with Gasteiger partial charge in [0.15, 0.2) is 5.11 Å². The second-order valence-corrected chi connectivity index (χ2v) is 7.82. The molecule has 3 N–H and O–H groups in total. The summed E-state index contributed by atoms with van der Waals surface area (Å²) in [7, 11) is 0. The van der Waals surface area contributed by atoms with E-state index in [1.807, 2.05) is 19.9 Å². The summed E-state index contributed by atoms with van der Waals surface area (Å²) in [5, 5.41) is 8.82. The van der Waals surface area contributed by atoms with Crippen LogP contribution in [0, 0.1) is 9.49 Å². The van der Waals surface area contributed by atoms with Crippen LogP contribution >= 0.6 is 46.4 Å². The summed E-state index contributed by atoms with van der Waals surface area (Å²) < 4.78 is 0.893. The van der Waals surface area contributed by atoms with Crippen LogP contribution in [-0.2, 0) is 4.79 Å². The molecule has 0 bridgehead atoms. The van der Waals surface area contributed by atoms with E-state index in [1.165, 1.54) is 0 Å². The van der Waals surface area contributed by atoms with Gasteiger partial charge in [0.1, 0.15) is 0 Å². The molecule has 2 aromatic carbocycles. The number of benzene rings is 2. The maximum atomic E-state index is 12.3. The molecule has 26 heavy (non-hydrogen) atoms. The van der Waals surface area contributed by atoms with Gasteiger partial charge in [-0.05, 0) is 71.2 Å². The maximum Gasteiger partial charge on any atom is 0.258 e. The Labute approximate surface area is 176 Å². The molecule has 0 fully saturated rings. The third-order valence-corrected chi connectivity index (χ3v) is 4.52. The van der Waals surface area contributed by atoms with Crippen LogP contribution in [0.5, 0.6) is 0 Å². The van der Waals surface area contributed by atoms with Gasteiger partial charge < -0.3 is 10.6 Å². The van der Waals surface area contributed by atoms with Gasteiger partial charge in [0.05, 0.1) is 10.6 Å². The van der Waals surface area contributed by atoms with Gasteiger partial charge in [-0.25, -0.2) is 0 Å². The van der Waals surface area contributed by atoms with Gasteiger partial charge in [-0.3, -0.25) is 14.9 Å². The first-order chi connectivity index (χ1) is 12.3. The highest BCUT2D eigenvalue weighted by molar-refractivity contribution is 14.1. The minimum absolute atomic E-state index is 0.0775. The lowest BCUT2D eigenvalue weighted by Gasteiger charge is -2.12. The summed E-state index contributed by atoms with van der Waals surface area (Å²) in [5.74, 6) is -0.591. The number of amides is 2. The maximum absolute atomic E-state index is 12.3. The van der Waals surface area contributed by atoms with Crippen LogP contribution in [0.3, 0.4) is 0 Å². The van der Waals surface area contributed by atoms with Crippen molar-refractivity contribution in [2.24, 2.45) is 5.92 Å². The molecule has 2 amide bonds. The average molecular weight is 502 g/mol. The van der Waals surface area contributed by atoms with E-state index in [0.717, 1.165) is 3.57 Å². The van der Waals surface area contributed by atoms with E-state index in [1.54, 1.807) is 36.4 Å². The molecule has 0 aliphatic rings. The number of anilines is 2. The van der Waals surface area contributed by atoms with E-state index in [2.05, 4.69) is 38.5 Å². The van der Waals surface area contributed by atoms with Crippen molar-refractivity contribution in [1.82, 2.24) is 5.32 Å². The smallest absolute Gasteiger partial charge is 0.258 e. The second-order valence-electron chi connectivity index (χ2n) is 5.76. The van der Waals surface area contributed by atoms with Crippen molar-refractivity contribution >= 4 is 74.7 Å². The summed E-state index contributed by atoms with van der Waals surface area (Å²) >= 11 is 13.4. The van der Waals surface area contributed by atoms with E-state index >= 15 is 0 Å². The Kier molecular flexibility index (Phi) is 7.36. The van der Waals surface area contributed by atoms with Gasteiger partial charge in [0.2, 0.25) is 5.91 Å². The lowest BCUT2D eigenvalue weighted by molar-refractivity contribution is -0.118. The van der Waals surface area contributed by atoms with Crippen LogP contribution < -0.4 is 16.0 Å². The van der Waals surface area contributed by atoms with Crippen LogP contribution in [-0.4, -0.2) is 16.9 Å². The van der Waals surface area contributed by atoms with Gasteiger partial charge in [-0.1, -0.05) is 31.5 Å². The highest BCUT2D eigenvalue weighted by Gasteiger charge is 2.13. The lowest BCUT2D eigenvalue weighted by Crippen LogP contribution is -2.34. The minimum atomic E-state index is -0.393. The Morgan fingerprint density at radius 3 is 2.38 bits per heavy atom. The second kappa shape index (κ2) is 9.29. The Morgan fingerprint density at radius 1 is 1.08 bits per heavy atom. The Bertz CT molecular complexity index is 858. The van der Waals surface area contributed by atoms with Crippen molar-refractivity contribution in [3.8, 4) is 0 Å². The first-order valence-corrected chi connectivity index (χ1v) is 9.61. The molecule has 136 valence electrons. The highest BCUT2D eigenvalue weighted by Crippen LogP contribution is 2.19. The summed E-state index contributed by atoms with van der Waals surface area (Å²) in [6, 6.07) is 12.2. The van der Waals surface area contributed by atoms with Crippen molar-refractivity contribution in [2.75, 3.05) is 10.6 Å². The monoisotopic (exact) mass is 501 g/mol. The van der Waals surface area contributed by atoms with E-state index in [9.17, 15) is 9.59 Å². The molecule has 0 aliphatic carbocycles. The number of carbonyl (C=O) groups is 2. The number of carbonyl (C=O) groups excluding carboxylic acids is 2. The zero-order valence-corrected chi connectivity index (χ0v) is 17.8. The van der Waals surface area contributed by atoms with Crippen LogP contribution in [0.25, 0.3) is 0 Å². The third kappa shape index (κ3) is 5.93. The van der Waals surface area contributed by atoms with E-state index < -0.39 is 5.91 Å². The van der Waals surface area contributed by atoms with Crippen molar-refractivity contribution in [2.45, 2.75) is 13.8 Å².